The molecule has 0 aromatic heterocycles. The van der Waals surface area contributed by atoms with Crippen LogP contribution in [0.15, 0.2) is 12.8 Å². The van der Waals surface area contributed by atoms with Crippen molar-refractivity contribution in [3.63, 3.8) is 0 Å². The van der Waals surface area contributed by atoms with Gasteiger partial charge in [0.05, 0.1) is 0 Å². The summed E-state index contributed by atoms with van der Waals surface area (Å²) >= 11 is 0. The predicted octanol–water partition coefficient (Wildman–Crippen LogP) is -2.29. The fourth-order valence-corrected chi connectivity index (χ4v) is 0.382. The van der Waals surface area contributed by atoms with Crippen molar-refractivity contribution in [3.05, 3.63) is 12.8 Å². The molecule has 2 unspecified atom stereocenters. The number of rotatable bonds is 4. The van der Waals surface area contributed by atoms with Crippen LogP contribution in [0.2, 0.25) is 0 Å². The summed E-state index contributed by atoms with van der Waals surface area (Å²) in [6.45, 7) is 3.20. The van der Waals surface area contributed by atoms with Gasteiger partial charge in [-0.1, -0.05) is 6.58 Å². The summed E-state index contributed by atoms with van der Waals surface area (Å²) < 4.78 is 0. The van der Waals surface area contributed by atoms with Gasteiger partial charge in [-0.25, -0.2) is 0 Å². The third-order valence-electron chi connectivity index (χ3n) is 0.918. The first-order valence-corrected chi connectivity index (χ1v) is 2.69. The summed E-state index contributed by atoms with van der Waals surface area (Å²) in [4.78, 5) is 0. The summed E-state index contributed by atoms with van der Waals surface area (Å²) in [5, 5.41) is 36.2. The van der Waals surface area contributed by atoms with E-state index < -0.39 is 18.6 Å². The smallest absolute Gasteiger partial charge is 0.182 e. The van der Waals surface area contributed by atoms with Crippen LogP contribution in [0, 0.1) is 0 Å². The average molecular weight is 149 g/mol. The van der Waals surface area contributed by atoms with Gasteiger partial charge in [-0.2, -0.15) is 0 Å². The summed E-state index contributed by atoms with van der Waals surface area (Å²) in [6.07, 6.45) is -3.85. The van der Waals surface area contributed by atoms with Crippen molar-refractivity contribution >= 4 is 0 Å². The second kappa shape index (κ2) is 4.24. The number of nitrogens with one attached hydrogen (secondary N) is 1. The maximum atomic E-state index is 8.74. The van der Waals surface area contributed by atoms with Crippen LogP contribution in [0.3, 0.4) is 0 Å². The molecule has 0 saturated heterocycles. The molecule has 0 saturated carbocycles. The molecule has 0 spiro atoms. The third kappa shape index (κ3) is 2.79. The molecule has 0 heterocycles. The van der Waals surface area contributed by atoms with Crippen LogP contribution < -0.4 is 5.32 Å². The number of aliphatic hydroxyl groups is 4. The summed E-state index contributed by atoms with van der Waals surface area (Å²) in [6, 6.07) is 0. The minimum absolute atomic E-state index is 1.14. The van der Waals surface area contributed by atoms with Gasteiger partial charge in [-0.3, -0.25) is 0 Å². The molecule has 0 aromatic rings. The van der Waals surface area contributed by atoms with E-state index in [9.17, 15) is 0 Å². The van der Waals surface area contributed by atoms with Crippen molar-refractivity contribution in [1.82, 2.24) is 5.32 Å². The molecule has 0 aromatic carbocycles. The lowest BCUT2D eigenvalue weighted by molar-refractivity contribution is -0.161. The maximum absolute atomic E-state index is 8.74. The third-order valence-corrected chi connectivity index (χ3v) is 0.918. The van der Waals surface area contributed by atoms with Gasteiger partial charge in [0.1, 0.15) is 6.10 Å². The second-order valence-electron chi connectivity index (χ2n) is 1.72. The molecule has 2 atom stereocenters. The standard InChI is InChI=1S/C5H11NO4/c1-2-6-4(8)3(7)5(9)10/h2-10H,1H2. The number of aliphatic hydroxyl groups excluding tert-OH is 3. The molecule has 5 N–H and O–H groups in total. The molecule has 0 radical (unpaired) electrons. The first-order valence-electron chi connectivity index (χ1n) is 2.69. The molecule has 0 amide bonds. The SMILES string of the molecule is C=CNC(O)C(O)C(O)O. The van der Waals surface area contributed by atoms with E-state index in [1.54, 1.807) is 0 Å². The monoisotopic (exact) mass is 149 g/mol. The van der Waals surface area contributed by atoms with Crippen molar-refractivity contribution in [1.29, 1.82) is 0 Å². The highest BCUT2D eigenvalue weighted by molar-refractivity contribution is 4.72. The molecule has 0 fully saturated rings. The minimum atomic E-state index is -1.96. The zero-order valence-corrected chi connectivity index (χ0v) is 5.31. The Morgan fingerprint density at radius 2 is 1.70 bits per heavy atom. The average Bonchev–Trinajstić information content (AvgIpc) is 1.87. The highest BCUT2D eigenvalue weighted by Crippen LogP contribution is 1.93. The first kappa shape index (κ1) is 9.38. The van der Waals surface area contributed by atoms with Crippen molar-refractivity contribution in [3.8, 4) is 0 Å². The molecule has 5 heteroatoms. The van der Waals surface area contributed by atoms with Crippen LogP contribution in [-0.4, -0.2) is 39.0 Å². The van der Waals surface area contributed by atoms with Gasteiger partial charge in [-0.15, -0.1) is 0 Å². The van der Waals surface area contributed by atoms with E-state index in [0.717, 1.165) is 6.20 Å². The highest BCUT2D eigenvalue weighted by atomic mass is 16.5. The predicted molar refractivity (Wildman–Crippen MR) is 33.6 cm³/mol. The molecule has 0 aliphatic heterocycles. The van der Waals surface area contributed by atoms with Crippen molar-refractivity contribution in [2.24, 2.45) is 0 Å². The second-order valence-corrected chi connectivity index (χ2v) is 1.72. The highest BCUT2D eigenvalue weighted by Gasteiger charge is 2.20. The maximum Gasteiger partial charge on any atom is 0.182 e. The zero-order chi connectivity index (χ0) is 8.15. The molecular formula is C5H11NO4. The van der Waals surface area contributed by atoms with E-state index >= 15 is 0 Å². The molecule has 0 aliphatic carbocycles. The van der Waals surface area contributed by atoms with Crippen molar-refractivity contribution in [2.75, 3.05) is 0 Å². The van der Waals surface area contributed by atoms with E-state index in [4.69, 9.17) is 20.4 Å². The van der Waals surface area contributed by atoms with Gasteiger partial charge >= 0.3 is 0 Å². The lowest BCUT2D eigenvalue weighted by Crippen LogP contribution is -2.44. The fraction of sp³-hybridized carbons (Fsp3) is 0.600. The summed E-state index contributed by atoms with van der Waals surface area (Å²) in [7, 11) is 0. The van der Waals surface area contributed by atoms with Crippen molar-refractivity contribution < 1.29 is 20.4 Å². The number of hydrogen-bond donors (Lipinski definition) is 5. The van der Waals surface area contributed by atoms with Crippen molar-refractivity contribution in [2.45, 2.75) is 18.6 Å². The Balaban J connectivity index is 3.68. The number of hydrogen-bond acceptors (Lipinski definition) is 5. The van der Waals surface area contributed by atoms with Gasteiger partial charge in [0.15, 0.2) is 12.5 Å². The van der Waals surface area contributed by atoms with E-state index in [1.165, 1.54) is 0 Å². The fourth-order valence-electron chi connectivity index (χ4n) is 0.382. The Bertz CT molecular complexity index is 106. The van der Waals surface area contributed by atoms with Crippen LogP contribution in [-0.2, 0) is 0 Å². The molecule has 10 heavy (non-hydrogen) atoms. The molecule has 5 nitrogen and oxygen atoms in total. The Hall–Kier alpha value is -0.620. The van der Waals surface area contributed by atoms with Crippen LogP contribution in [0.25, 0.3) is 0 Å². The minimum Gasteiger partial charge on any atom is -0.383 e. The molecule has 60 valence electrons. The van der Waals surface area contributed by atoms with E-state index in [0.29, 0.717) is 0 Å². The Morgan fingerprint density at radius 1 is 1.20 bits per heavy atom. The molecular weight excluding hydrogens is 138 g/mol. The van der Waals surface area contributed by atoms with Crippen LogP contribution in [0.4, 0.5) is 0 Å². The van der Waals surface area contributed by atoms with Gasteiger partial charge in [0.2, 0.25) is 0 Å². The molecule has 0 aliphatic rings. The van der Waals surface area contributed by atoms with E-state index in [1.807, 2.05) is 0 Å². The van der Waals surface area contributed by atoms with Gasteiger partial charge in [0.25, 0.3) is 0 Å². The lowest BCUT2D eigenvalue weighted by Gasteiger charge is -2.18. The van der Waals surface area contributed by atoms with Crippen LogP contribution >= 0.6 is 0 Å². The molecule has 0 bridgehead atoms. The van der Waals surface area contributed by atoms with Crippen LogP contribution in [0.5, 0.6) is 0 Å². The first-order chi connectivity index (χ1) is 4.59. The van der Waals surface area contributed by atoms with Gasteiger partial charge < -0.3 is 25.7 Å². The molecule has 0 rings (SSSR count). The Morgan fingerprint density at radius 3 is 2.00 bits per heavy atom. The summed E-state index contributed by atoms with van der Waals surface area (Å²) in [5.74, 6) is 0. The van der Waals surface area contributed by atoms with Gasteiger partial charge in [0, 0.05) is 0 Å². The van der Waals surface area contributed by atoms with E-state index in [2.05, 4.69) is 11.9 Å². The Labute approximate surface area is 58.2 Å². The summed E-state index contributed by atoms with van der Waals surface area (Å²) in [5.41, 5.74) is 0. The van der Waals surface area contributed by atoms with Gasteiger partial charge in [-0.05, 0) is 6.20 Å². The quantitative estimate of drug-likeness (QED) is 0.290. The topological polar surface area (TPSA) is 93.0 Å². The zero-order valence-electron chi connectivity index (χ0n) is 5.31. The lowest BCUT2D eigenvalue weighted by atomic mass is 10.3. The van der Waals surface area contributed by atoms with E-state index in [-0.39, 0.29) is 0 Å². The largest absolute Gasteiger partial charge is 0.383 e. The van der Waals surface area contributed by atoms with Crippen LogP contribution in [0.1, 0.15) is 0 Å². The Kier molecular flexibility index (Phi) is 3.97. The normalized spacial score (nSPS) is 16.5.